The predicted molar refractivity (Wildman–Crippen MR) is 106 cm³/mol. The smallest absolute Gasteiger partial charge is 0.208 e. The molecule has 0 aliphatic heterocycles. The Labute approximate surface area is 178 Å². The van der Waals surface area contributed by atoms with E-state index >= 15 is 0 Å². The molecule has 0 N–H and O–H groups in total. The summed E-state index contributed by atoms with van der Waals surface area (Å²) in [5.41, 5.74) is -1.12. The van der Waals surface area contributed by atoms with Crippen LogP contribution in [-0.2, 0) is 12.4 Å². The minimum atomic E-state index is -4.57. The first kappa shape index (κ1) is 21.5. The van der Waals surface area contributed by atoms with Gasteiger partial charge in [-0.2, -0.15) is 26.3 Å². The third-order valence-corrected chi connectivity index (χ3v) is 4.56. The number of halogens is 6. The van der Waals surface area contributed by atoms with Gasteiger partial charge in [-0.25, -0.2) is 15.0 Å². The fourth-order valence-corrected chi connectivity index (χ4v) is 3.02. The third kappa shape index (κ3) is 4.61. The summed E-state index contributed by atoms with van der Waals surface area (Å²) >= 11 is 0. The Hall–Kier alpha value is -3.75. The lowest BCUT2D eigenvalue weighted by molar-refractivity contribution is -0.138. The van der Waals surface area contributed by atoms with Crippen molar-refractivity contribution in [1.82, 2.24) is 15.0 Å². The van der Waals surface area contributed by atoms with Gasteiger partial charge in [-0.3, -0.25) is 0 Å². The first-order chi connectivity index (χ1) is 15.1. The molecule has 0 saturated heterocycles. The quantitative estimate of drug-likeness (QED) is 0.322. The molecule has 0 saturated carbocycles. The van der Waals surface area contributed by atoms with E-state index in [9.17, 15) is 26.3 Å². The molecule has 3 aromatic carbocycles. The van der Waals surface area contributed by atoms with Crippen molar-refractivity contribution in [1.29, 1.82) is 0 Å². The van der Waals surface area contributed by atoms with Crippen molar-refractivity contribution in [3.8, 4) is 34.2 Å². The number of alkyl halides is 6. The zero-order valence-electron chi connectivity index (χ0n) is 16.1. The lowest BCUT2D eigenvalue weighted by Gasteiger charge is -2.12. The zero-order chi connectivity index (χ0) is 22.9. The molecule has 32 heavy (non-hydrogen) atoms. The SMILES string of the molecule is FC(F)(F)c1cccc(-c2nc(-c3ccccc3)nc(-c3cccc(C(F)(F)F)c3)n2)c1. The molecule has 0 bridgehead atoms. The van der Waals surface area contributed by atoms with Crippen molar-refractivity contribution >= 4 is 0 Å². The monoisotopic (exact) mass is 445 g/mol. The topological polar surface area (TPSA) is 38.7 Å². The Morgan fingerprint density at radius 1 is 0.438 bits per heavy atom. The van der Waals surface area contributed by atoms with Gasteiger partial charge in [0.1, 0.15) is 0 Å². The van der Waals surface area contributed by atoms with Crippen molar-refractivity contribution in [2.75, 3.05) is 0 Å². The van der Waals surface area contributed by atoms with Gasteiger partial charge in [-0.15, -0.1) is 0 Å². The van der Waals surface area contributed by atoms with E-state index in [4.69, 9.17) is 0 Å². The highest BCUT2D eigenvalue weighted by Crippen LogP contribution is 2.34. The van der Waals surface area contributed by atoms with Crippen LogP contribution in [0.2, 0.25) is 0 Å². The van der Waals surface area contributed by atoms with Crippen molar-refractivity contribution in [2.45, 2.75) is 12.4 Å². The second kappa shape index (κ2) is 8.07. The molecule has 0 fully saturated rings. The minimum absolute atomic E-state index is 0.0626. The van der Waals surface area contributed by atoms with Crippen LogP contribution in [0.15, 0.2) is 78.9 Å². The molecule has 4 rings (SSSR count). The van der Waals surface area contributed by atoms with Crippen LogP contribution in [0, 0.1) is 0 Å². The highest BCUT2D eigenvalue weighted by atomic mass is 19.4. The molecule has 3 nitrogen and oxygen atoms in total. The van der Waals surface area contributed by atoms with Crippen LogP contribution in [0.25, 0.3) is 34.2 Å². The number of hydrogen-bond donors (Lipinski definition) is 0. The van der Waals surface area contributed by atoms with Crippen LogP contribution in [0.1, 0.15) is 11.1 Å². The minimum Gasteiger partial charge on any atom is -0.208 e. The largest absolute Gasteiger partial charge is 0.416 e. The Bertz CT molecular complexity index is 1170. The molecule has 1 aromatic heterocycles. The zero-order valence-corrected chi connectivity index (χ0v) is 16.1. The van der Waals surface area contributed by atoms with Crippen molar-refractivity contribution < 1.29 is 26.3 Å². The molecule has 0 atom stereocenters. The van der Waals surface area contributed by atoms with E-state index in [-0.39, 0.29) is 28.6 Å². The molecule has 9 heteroatoms. The second-order valence-electron chi connectivity index (χ2n) is 6.83. The van der Waals surface area contributed by atoms with Crippen molar-refractivity contribution in [3.63, 3.8) is 0 Å². The number of benzene rings is 3. The van der Waals surface area contributed by atoms with Crippen LogP contribution >= 0.6 is 0 Å². The molecule has 0 unspecified atom stereocenters. The third-order valence-electron chi connectivity index (χ3n) is 4.56. The molecular formula is C23H13F6N3. The molecule has 1 heterocycles. The fraction of sp³-hybridized carbons (Fsp3) is 0.0870. The van der Waals surface area contributed by atoms with E-state index in [0.29, 0.717) is 5.56 Å². The summed E-state index contributed by atoms with van der Waals surface area (Å²) in [6.07, 6.45) is -9.15. The Balaban J connectivity index is 1.91. The van der Waals surface area contributed by atoms with Gasteiger partial charge in [-0.1, -0.05) is 54.6 Å². The van der Waals surface area contributed by atoms with E-state index < -0.39 is 23.5 Å². The summed E-state index contributed by atoms with van der Waals surface area (Å²) in [6.45, 7) is 0. The fourth-order valence-electron chi connectivity index (χ4n) is 3.02. The van der Waals surface area contributed by atoms with Gasteiger partial charge in [0.05, 0.1) is 11.1 Å². The van der Waals surface area contributed by atoms with E-state index in [1.165, 1.54) is 24.3 Å². The van der Waals surface area contributed by atoms with Gasteiger partial charge >= 0.3 is 12.4 Å². The number of nitrogens with zero attached hydrogens (tertiary/aromatic N) is 3. The highest BCUT2D eigenvalue weighted by Gasteiger charge is 2.32. The Morgan fingerprint density at radius 2 is 0.812 bits per heavy atom. The Morgan fingerprint density at radius 3 is 1.22 bits per heavy atom. The maximum absolute atomic E-state index is 13.2. The first-order valence-electron chi connectivity index (χ1n) is 9.28. The van der Waals surface area contributed by atoms with Gasteiger partial charge in [-0.05, 0) is 24.3 Å². The number of hydrogen-bond acceptors (Lipinski definition) is 3. The molecule has 0 spiro atoms. The molecule has 4 aromatic rings. The molecule has 0 amide bonds. The van der Waals surface area contributed by atoms with Crippen LogP contribution < -0.4 is 0 Å². The standard InChI is InChI=1S/C23H13F6N3/c24-22(25,26)17-10-4-8-15(12-17)20-30-19(14-6-2-1-3-7-14)31-21(32-20)16-9-5-11-18(13-16)23(27,28)29/h1-13H. The van der Waals surface area contributed by atoms with E-state index in [1.807, 2.05) is 0 Å². The van der Waals surface area contributed by atoms with Crippen molar-refractivity contribution in [3.05, 3.63) is 90.0 Å². The lowest BCUT2D eigenvalue weighted by atomic mass is 10.1. The van der Waals surface area contributed by atoms with Gasteiger partial charge in [0, 0.05) is 16.7 Å². The van der Waals surface area contributed by atoms with Crippen LogP contribution in [-0.4, -0.2) is 15.0 Å². The maximum Gasteiger partial charge on any atom is 0.416 e. The molecule has 0 aliphatic carbocycles. The van der Waals surface area contributed by atoms with Gasteiger partial charge in [0.15, 0.2) is 17.5 Å². The Kier molecular flexibility index (Phi) is 5.41. The summed E-state index contributed by atoms with van der Waals surface area (Å²) in [5, 5.41) is 0. The second-order valence-corrected chi connectivity index (χ2v) is 6.83. The van der Waals surface area contributed by atoms with E-state index in [0.717, 1.165) is 24.3 Å². The first-order valence-corrected chi connectivity index (χ1v) is 9.28. The summed E-state index contributed by atoms with van der Waals surface area (Å²) < 4.78 is 79.0. The summed E-state index contributed by atoms with van der Waals surface area (Å²) in [4.78, 5) is 12.8. The van der Waals surface area contributed by atoms with E-state index in [2.05, 4.69) is 15.0 Å². The molecule has 162 valence electrons. The summed E-state index contributed by atoms with van der Waals surface area (Å²) in [6, 6.07) is 17.4. The average Bonchev–Trinajstić information content (AvgIpc) is 2.78. The normalized spacial score (nSPS) is 12.1. The van der Waals surface area contributed by atoms with Crippen LogP contribution in [0.3, 0.4) is 0 Å². The number of aromatic nitrogens is 3. The van der Waals surface area contributed by atoms with Gasteiger partial charge in [0.2, 0.25) is 0 Å². The lowest BCUT2D eigenvalue weighted by Crippen LogP contribution is -2.06. The summed E-state index contributed by atoms with van der Waals surface area (Å²) in [7, 11) is 0. The van der Waals surface area contributed by atoms with E-state index in [1.54, 1.807) is 30.3 Å². The van der Waals surface area contributed by atoms with Gasteiger partial charge in [0.25, 0.3) is 0 Å². The average molecular weight is 445 g/mol. The highest BCUT2D eigenvalue weighted by molar-refractivity contribution is 5.67. The predicted octanol–water partition coefficient (Wildman–Crippen LogP) is 6.91. The molecular weight excluding hydrogens is 432 g/mol. The van der Waals surface area contributed by atoms with Crippen LogP contribution in [0.4, 0.5) is 26.3 Å². The van der Waals surface area contributed by atoms with Crippen molar-refractivity contribution in [2.24, 2.45) is 0 Å². The molecule has 0 aliphatic rings. The summed E-state index contributed by atoms with van der Waals surface area (Å²) in [5.74, 6) is -0.0462. The number of rotatable bonds is 3. The maximum atomic E-state index is 13.2. The van der Waals surface area contributed by atoms with Gasteiger partial charge < -0.3 is 0 Å². The molecule has 0 radical (unpaired) electrons. The van der Waals surface area contributed by atoms with Crippen LogP contribution in [0.5, 0.6) is 0 Å².